The summed E-state index contributed by atoms with van der Waals surface area (Å²) in [5, 5.41) is 2.49. The van der Waals surface area contributed by atoms with E-state index in [1.165, 1.54) is 6.92 Å². The number of amides is 2. The molecule has 0 bridgehead atoms. The van der Waals surface area contributed by atoms with Crippen molar-refractivity contribution in [2.24, 2.45) is 5.73 Å². The van der Waals surface area contributed by atoms with Gasteiger partial charge in [-0.2, -0.15) is 0 Å². The molecule has 1 aromatic carbocycles. The molecule has 5 heteroatoms. The summed E-state index contributed by atoms with van der Waals surface area (Å²) in [5.41, 5.74) is 5.51. The maximum Gasteiger partial charge on any atom is 0.251 e. The van der Waals surface area contributed by atoms with Crippen LogP contribution in [-0.4, -0.2) is 24.5 Å². The molecule has 0 saturated carbocycles. The fraction of sp³-hybridized carbons (Fsp3) is 0.333. The van der Waals surface area contributed by atoms with Crippen LogP contribution in [0.3, 0.4) is 0 Å². The molecule has 1 atom stereocenters. The SMILES string of the molecule is CCOc1ccc(C(=O)NC(C)C(N)=O)cc1. The molecule has 0 aliphatic rings. The van der Waals surface area contributed by atoms with Gasteiger partial charge < -0.3 is 15.8 Å². The van der Waals surface area contributed by atoms with Crippen molar-refractivity contribution < 1.29 is 14.3 Å². The van der Waals surface area contributed by atoms with E-state index >= 15 is 0 Å². The second-order valence-electron chi connectivity index (χ2n) is 3.55. The van der Waals surface area contributed by atoms with Crippen molar-refractivity contribution in [1.82, 2.24) is 5.32 Å². The van der Waals surface area contributed by atoms with Gasteiger partial charge in [0.25, 0.3) is 5.91 Å². The summed E-state index contributed by atoms with van der Waals surface area (Å²) in [6.45, 7) is 3.99. The van der Waals surface area contributed by atoms with Crippen LogP contribution in [-0.2, 0) is 4.79 Å². The Labute approximate surface area is 99.9 Å². The first-order valence-electron chi connectivity index (χ1n) is 5.37. The minimum atomic E-state index is -0.686. The topological polar surface area (TPSA) is 81.4 Å². The zero-order valence-electron chi connectivity index (χ0n) is 9.90. The average molecular weight is 236 g/mol. The molecule has 0 saturated heterocycles. The Bertz CT molecular complexity index is 401. The molecule has 17 heavy (non-hydrogen) atoms. The van der Waals surface area contributed by atoms with Crippen molar-refractivity contribution >= 4 is 11.8 Å². The minimum Gasteiger partial charge on any atom is -0.494 e. The van der Waals surface area contributed by atoms with Gasteiger partial charge in [0.15, 0.2) is 0 Å². The highest BCUT2D eigenvalue weighted by molar-refractivity contribution is 5.97. The fourth-order valence-electron chi connectivity index (χ4n) is 1.22. The van der Waals surface area contributed by atoms with Crippen LogP contribution in [0.5, 0.6) is 5.75 Å². The van der Waals surface area contributed by atoms with Crippen LogP contribution >= 0.6 is 0 Å². The summed E-state index contributed by atoms with van der Waals surface area (Å²) in [6.07, 6.45) is 0. The highest BCUT2D eigenvalue weighted by Gasteiger charge is 2.13. The smallest absolute Gasteiger partial charge is 0.251 e. The molecule has 1 aromatic rings. The zero-order valence-corrected chi connectivity index (χ0v) is 9.90. The average Bonchev–Trinajstić information content (AvgIpc) is 2.30. The molecule has 1 unspecified atom stereocenters. The number of hydrogen-bond donors (Lipinski definition) is 2. The maximum atomic E-state index is 11.7. The number of nitrogens with two attached hydrogens (primary N) is 1. The highest BCUT2D eigenvalue weighted by atomic mass is 16.5. The molecule has 0 aliphatic heterocycles. The first kappa shape index (κ1) is 13.0. The molecule has 0 aliphatic carbocycles. The van der Waals surface area contributed by atoms with Gasteiger partial charge in [-0.15, -0.1) is 0 Å². The largest absolute Gasteiger partial charge is 0.494 e. The van der Waals surface area contributed by atoms with Crippen molar-refractivity contribution in [1.29, 1.82) is 0 Å². The van der Waals surface area contributed by atoms with Gasteiger partial charge in [-0.05, 0) is 38.1 Å². The number of benzene rings is 1. The second kappa shape index (κ2) is 5.89. The highest BCUT2D eigenvalue weighted by Crippen LogP contribution is 2.11. The molecule has 3 N–H and O–H groups in total. The lowest BCUT2D eigenvalue weighted by Gasteiger charge is -2.10. The van der Waals surface area contributed by atoms with Gasteiger partial charge in [0.05, 0.1) is 6.61 Å². The third-order valence-corrected chi connectivity index (χ3v) is 2.20. The predicted molar refractivity (Wildman–Crippen MR) is 63.7 cm³/mol. The van der Waals surface area contributed by atoms with Crippen LogP contribution < -0.4 is 15.8 Å². The van der Waals surface area contributed by atoms with Gasteiger partial charge in [-0.1, -0.05) is 0 Å². The standard InChI is InChI=1S/C12H16N2O3/c1-3-17-10-6-4-9(5-7-10)12(16)14-8(2)11(13)15/h4-8H,3H2,1-2H3,(H2,13,15)(H,14,16). The van der Waals surface area contributed by atoms with Crippen molar-refractivity contribution in [3.8, 4) is 5.75 Å². The van der Waals surface area contributed by atoms with E-state index < -0.39 is 11.9 Å². The van der Waals surface area contributed by atoms with Crippen LogP contribution in [0, 0.1) is 0 Å². The summed E-state index contributed by atoms with van der Waals surface area (Å²) < 4.78 is 5.25. The number of carbonyl (C=O) groups is 2. The molecule has 1 rings (SSSR count). The lowest BCUT2D eigenvalue weighted by Crippen LogP contribution is -2.42. The van der Waals surface area contributed by atoms with Crippen molar-refractivity contribution in [2.75, 3.05) is 6.61 Å². The van der Waals surface area contributed by atoms with E-state index in [9.17, 15) is 9.59 Å². The molecule has 0 aromatic heterocycles. The van der Waals surface area contributed by atoms with E-state index in [0.717, 1.165) is 0 Å². The molecular formula is C12H16N2O3. The van der Waals surface area contributed by atoms with E-state index in [4.69, 9.17) is 10.5 Å². The van der Waals surface area contributed by atoms with Crippen LogP contribution in [0.15, 0.2) is 24.3 Å². The van der Waals surface area contributed by atoms with Gasteiger partial charge >= 0.3 is 0 Å². The number of hydrogen-bond acceptors (Lipinski definition) is 3. The Morgan fingerprint density at radius 1 is 1.35 bits per heavy atom. The van der Waals surface area contributed by atoms with Crippen LogP contribution in [0.1, 0.15) is 24.2 Å². The molecule has 0 radical (unpaired) electrons. The van der Waals surface area contributed by atoms with E-state index in [0.29, 0.717) is 17.9 Å². The lowest BCUT2D eigenvalue weighted by atomic mass is 10.2. The van der Waals surface area contributed by atoms with Gasteiger partial charge in [0, 0.05) is 5.56 Å². The monoisotopic (exact) mass is 236 g/mol. The molecule has 5 nitrogen and oxygen atoms in total. The quantitative estimate of drug-likeness (QED) is 0.789. The van der Waals surface area contributed by atoms with E-state index in [2.05, 4.69) is 5.32 Å². The number of ether oxygens (including phenoxy) is 1. The van der Waals surface area contributed by atoms with Gasteiger partial charge in [0.1, 0.15) is 11.8 Å². The molecule has 0 heterocycles. The molecule has 0 fully saturated rings. The normalized spacial score (nSPS) is 11.6. The molecule has 0 spiro atoms. The Balaban J connectivity index is 2.66. The van der Waals surface area contributed by atoms with Crippen molar-refractivity contribution in [3.05, 3.63) is 29.8 Å². The third kappa shape index (κ3) is 3.79. The van der Waals surface area contributed by atoms with E-state index in [1.807, 2.05) is 6.92 Å². The van der Waals surface area contributed by atoms with Gasteiger partial charge in [-0.25, -0.2) is 0 Å². The maximum absolute atomic E-state index is 11.7. The summed E-state index contributed by atoms with van der Waals surface area (Å²) in [5.74, 6) is -0.198. The third-order valence-electron chi connectivity index (χ3n) is 2.20. The summed E-state index contributed by atoms with van der Waals surface area (Å²) in [6, 6.07) is 5.98. The number of carbonyl (C=O) groups excluding carboxylic acids is 2. The molecular weight excluding hydrogens is 220 g/mol. The van der Waals surface area contributed by atoms with Crippen molar-refractivity contribution in [3.63, 3.8) is 0 Å². The predicted octanol–water partition coefficient (Wildman–Crippen LogP) is 0.689. The van der Waals surface area contributed by atoms with Crippen LogP contribution in [0.4, 0.5) is 0 Å². The summed E-state index contributed by atoms with van der Waals surface area (Å²) in [4.78, 5) is 22.5. The number of rotatable bonds is 5. The zero-order chi connectivity index (χ0) is 12.8. The summed E-state index contributed by atoms with van der Waals surface area (Å²) >= 11 is 0. The fourth-order valence-corrected chi connectivity index (χ4v) is 1.22. The Kier molecular flexibility index (Phi) is 4.51. The number of nitrogens with one attached hydrogen (secondary N) is 1. The van der Waals surface area contributed by atoms with Crippen LogP contribution in [0.2, 0.25) is 0 Å². The second-order valence-corrected chi connectivity index (χ2v) is 3.55. The Hall–Kier alpha value is -2.04. The van der Waals surface area contributed by atoms with Crippen LogP contribution in [0.25, 0.3) is 0 Å². The summed E-state index contributed by atoms with van der Waals surface area (Å²) in [7, 11) is 0. The van der Waals surface area contributed by atoms with E-state index in [1.54, 1.807) is 24.3 Å². The minimum absolute atomic E-state index is 0.334. The van der Waals surface area contributed by atoms with Crippen molar-refractivity contribution in [2.45, 2.75) is 19.9 Å². The molecule has 2 amide bonds. The Morgan fingerprint density at radius 2 is 1.94 bits per heavy atom. The number of primary amides is 1. The van der Waals surface area contributed by atoms with Gasteiger partial charge in [0.2, 0.25) is 5.91 Å². The first-order valence-corrected chi connectivity index (χ1v) is 5.37. The molecule has 92 valence electrons. The Morgan fingerprint density at radius 3 is 2.41 bits per heavy atom. The van der Waals surface area contributed by atoms with E-state index in [-0.39, 0.29) is 5.91 Å². The lowest BCUT2D eigenvalue weighted by molar-refractivity contribution is -0.119. The van der Waals surface area contributed by atoms with Gasteiger partial charge in [-0.3, -0.25) is 9.59 Å². The first-order chi connectivity index (χ1) is 8.04.